The zero-order chi connectivity index (χ0) is 13.3. The molecule has 0 aliphatic carbocycles. The molecule has 0 amide bonds. The van der Waals surface area contributed by atoms with Crippen LogP contribution in [0.3, 0.4) is 0 Å². The van der Waals surface area contributed by atoms with Crippen LogP contribution in [-0.2, 0) is 10.0 Å². The lowest BCUT2D eigenvalue weighted by molar-refractivity contribution is 0.349. The van der Waals surface area contributed by atoms with E-state index in [2.05, 4.69) is 0 Å². The number of fused-ring (bicyclic) bond motifs is 1. The second-order valence-electron chi connectivity index (χ2n) is 4.10. The maximum absolute atomic E-state index is 11.7. The predicted molar refractivity (Wildman–Crippen MR) is 72.0 cm³/mol. The van der Waals surface area contributed by atoms with Gasteiger partial charge in [-0.25, -0.2) is 8.42 Å². The smallest absolute Gasteiger partial charge is 0.228 e. The number of para-hydroxylation sites is 1. The van der Waals surface area contributed by atoms with Gasteiger partial charge in [0.25, 0.3) is 0 Å². The summed E-state index contributed by atoms with van der Waals surface area (Å²) in [6.45, 7) is 1.77. The van der Waals surface area contributed by atoms with Crippen LogP contribution in [0.2, 0.25) is 0 Å². The summed E-state index contributed by atoms with van der Waals surface area (Å²) < 4.78 is 30.2. The lowest BCUT2D eigenvalue weighted by Gasteiger charge is -2.21. The lowest BCUT2D eigenvalue weighted by atomic mass is 10.2. The summed E-state index contributed by atoms with van der Waals surface area (Å²) in [5, 5.41) is 0.518. The van der Waals surface area contributed by atoms with E-state index in [1.54, 1.807) is 6.92 Å². The van der Waals surface area contributed by atoms with E-state index in [9.17, 15) is 8.42 Å². The molecule has 0 radical (unpaired) electrons. The summed E-state index contributed by atoms with van der Waals surface area (Å²) in [4.78, 5) is 0. The van der Waals surface area contributed by atoms with Crippen LogP contribution in [0, 0.1) is 0 Å². The number of furan rings is 1. The van der Waals surface area contributed by atoms with Crippen LogP contribution < -0.4 is 0 Å². The quantitative estimate of drug-likeness (QED) is 0.813. The molecule has 0 saturated carbocycles. The molecule has 0 aliphatic heterocycles. The Morgan fingerprint density at radius 1 is 1.39 bits per heavy atom. The second kappa shape index (κ2) is 4.91. The van der Waals surface area contributed by atoms with Gasteiger partial charge in [0, 0.05) is 12.4 Å². The molecule has 2 aromatic rings. The zero-order valence-corrected chi connectivity index (χ0v) is 11.7. The molecule has 0 N–H and O–H groups in total. The fourth-order valence-corrected chi connectivity index (χ4v) is 2.91. The molecule has 0 spiro atoms. The van der Waals surface area contributed by atoms with Crippen LogP contribution in [0.5, 0.6) is 0 Å². The molecule has 1 heterocycles. The highest BCUT2D eigenvalue weighted by molar-refractivity contribution is 7.90. The minimum atomic E-state index is -3.44. The average molecular weight is 288 g/mol. The number of rotatable bonds is 4. The van der Waals surface area contributed by atoms with E-state index in [0.29, 0.717) is 5.76 Å². The van der Waals surface area contributed by atoms with Gasteiger partial charge in [-0.2, -0.15) is 4.31 Å². The summed E-state index contributed by atoms with van der Waals surface area (Å²) in [5.74, 6) is 0.604. The molecule has 2 rings (SSSR count). The number of halogens is 1. The van der Waals surface area contributed by atoms with Gasteiger partial charge >= 0.3 is 0 Å². The molecular formula is C12H14ClNO3S. The summed E-state index contributed by atoms with van der Waals surface area (Å²) >= 11 is 5.44. The Labute approximate surface area is 111 Å². The van der Waals surface area contributed by atoms with Crippen LogP contribution in [0.4, 0.5) is 0 Å². The predicted octanol–water partition coefficient (Wildman–Crippen LogP) is 2.95. The van der Waals surface area contributed by atoms with Gasteiger partial charge in [-0.1, -0.05) is 18.2 Å². The molecule has 98 valence electrons. The van der Waals surface area contributed by atoms with Crippen LogP contribution in [0.15, 0.2) is 34.7 Å². The zero-order valence-electron chi connectivity index (χ0n) is 10.1. The Bertz CT molecular complexity index is 617. The Morgan fingerprint density at radius 2 is 2.06 bits per heavy atom. The maximum atomic E-state index is 11.7. The average Bonchev–Trinajstić information content (AvgIpc) is 2.80. The third-order valence-electron chi connectivity index (χ3n) is 2.98. The highest BCUT2D eigenvalue weighted by Gasteiger charge is 2.25. The molecule has 18 heavy (non-hydrogen) atoms. The van der Waals surface area contributed by atoms with Crippen molar-refractivity contribution in [3.8, 4) is 0 Å². The van der Waals surface area contributed by atoms with E-state index < -0.39 is 15.2 Å². The molecule has 0 bridgehead atoms. The van der Waals surface area contributed by atoms with Crippen molar-refractivity contribution in [2.24, 2.45) is 0 Å². The molecule has 0 aliphatic rings. The highest BCUT2D eigenvalue weighted by atomic mass is 35.5. The summed E-state index contributed by atoms with van der Waals surface area (Å²) in [7, 11) is -1.95. The van der Waals surface area contributed by atoms with E-state index in [1.165, 1.54) is 11.4 Å². The fourth-order valence-electron chi connectivity index (χ4n) is 1.71. The third kappa shape index (κ3) is 2.39. The standard InChI is InChI=1S/C12H14ClNO3S/c1-9(14(2)18(15,16)8-13)12-7-10-5-3-4-6-11(10)17-12/h3-7,9H,8H2,1-2H3. The Balaban J connectivity index is 2.36. The normalized spacial score (nSPS) is 14.2. The maximum Gasteiger partial charge on any atom is 0.228 e. The fraction of sp³-hybridized carbons (Fsp3) is 0.333. The SMILES string of the molecule is CC(c1cc2ccccc2o1)N(C)S(=O)(=O)CCl. The van der Waals surface area contributed by atoms with Crippen molar-refractivity contribution in [3.63, 3.8) is 0 Å². The van der Waals surface area contributed by atoms with Crippen molar-refractivity contribution in [1.29, 1.82) is 0 Å². The van der Waals surface area contributed by atoms with Gasteiger partial charge in [-0.05, 0) is 19.1 Å². The van der Waals surface area contributed by atoms with Crippen molar-refractivity contribution < 1.29 is 12.8 Å². The van der Waals surface area contributed by atoms with E-state index >= 15 is 0 Å². The van der Waals surface area contributed by atoms with Gasteiger partial charge < -0.3 is 4.42 Å². The van der Waals surface area contributed by atoms with Crippen molar-refractivity contribution in [3.05, 3.63) is 36.1 Å². The second-order valence-corrected chi connectivity index (χ2v) is 6.71. The number of benzene rings is 1. The molecule has 6 heteroatoms. The highest BCUT2D eigenvalue weighted by Crippen LogP contribution is 2.28. The molecule has 1 unspecified atom stereocenters. The van der Waals surface area contributed by atoms with Gasteiger partial charge in [-0.3, -0.25) is 0 Å². The van der Waals surface area contributed by atoms with Gasteiger partial charge in [0.15, 0.2) is 0 Å². The first-order valence-corrected chi connectivity index (χ1v) is 7.60. The number of sulfonamides is 1. The number of nitrogens with zero attached hydrogens (tertiary/aromatic N) is 1. The molecule has 0 saturated heterocycles. The van der Waals surface area contributed by atoms with Crippen LogP contribution in [0.1, 0.15) is 18.7 Å². The summed E-state index contributed by atoms with van der Waals surface area (Å²) in [5.41, 5.74) is 0.746. The number of alkyl halides is 1. The van der Waals surface area contributed by atoms with Crippen molar-refractivity contribution in [2.45, 2.75) is 13.0 Å². The first-order valence-electron chi connectivity index (χ1n) is 5.46. The van der Waals surface area contributed by atoms with E-state index in [1.807, 2.05) is 30.3 Å². The minimum absolute atomic E-state index is 0.388. The van der Waals surface area contributed by atoms with Gasteiger partial charge in [0.05, 0.1) is 6.04 Å². The van der Waals surface area contributed by atoms with Crippen molar-refractivity contribution in [2.75, 3.05) is 12.3 Å². The topological polar surface area (TPSA) is 50.5 Å². The van der Waals surface area contributed by atoms with Gasteiger partial charge in [0.2, 0.25) is 10.0 Å². The first-order chi connectivity index (χ1) is 8.45. The molecule has 4 nitrogen and oxygen atoms in total. The van der Waals surface area contributed by atoms with Crippen molar-refractivity contribution in [1.82, 2.24) is 4.31 Å². The van der Waals surface area contributed by atoms with Crippen molar-refractivity contribution >= 4 is 32.6 Å². The minimum Gasteiger partial charge on any atom is -0.459 e. The third-order valence-corrected chi connectivity index (χ3v) is 5.28. The van der Waals surface area contributed by atoms with Gasteiger partial charge in [-0.15, -0.1) is 11.6 Å². The molecule has 1 aromatic heterocycles. The van der Waals surface area contributed by atoms with Crippen LogP contribution in [0.25, 0.3) is 11.0 Å². The first kappa shape index (κ1) is 13.4. The number of hydrogen-bond acceptors (Lipinski definition) is 3. The lowest BCUT2D eigenvalue weighted by Crippen LogP contribution is -2.30. The molecule has 1 atom stereocenters. The molecular weight excluding hydrogens is 274 g/mol. The monoisotopic (exact) mass is 287 g/mol. The Hall–Kier alpha value is -1.04. The van der Waals surface area contributed by atoms with E-state index in [0.717, 1.165) is 11.0 Å². The van der Waals surface area contributed by atoms with E-state index in [4.69, 9.17) is 16.0 Å². The Morgan fingerprint density at radius 3 is 2.67 bits per heavy atom. The van der Waals surface area contributed by atoms with Crippen LogP contribution >= 0.6 is 11.6 Å². The van der Waals surface area contributed by atoms with Gasteiger partial charge in [0.1, 0.15) is 16.6 Å². The Kier molecular flexibility index (Phi) is 3.66. The van der Waals surface area contributed by atoms with Crippen LogP contribution in [-0.4, -0.2) is 25.0 Å². The molecule has 1 aromatic carbocycles. The number of hydrogen-bond donors (Lipinski definition) is 0. The van der Waals surface area contributed by atoms with E-state index in [-0.39, 0.29) is 6.04 Å². The largest absolute Gasteiger partial charge is 0.459 e. The summed E-state index contributed by atoms with van der Waals surface area (Å²) in [6, 6.07) is 9.01. The molecule has 0 fully saturated rings. The summed E-state index contributed by atoms with van der Waals surface area (Å²) in [6.07, 6.45) is 0.